The molecule has 0 radical (unpaired) electrons. The fourth-order valence-corrected chi connectivity index (χ4v) is 3.60. The largest absolute Gasteiger partial charge is 0.345 e. The second-order valence-electron chi connectivity index (χ2n) is 8.07. The average molecular weight is 381 g/mol. The number of hydrogen-bond acceptors (Lipinski definition) is 7. The number of anilines is 1. The molecule has 8 heteroatoms. The summed E-state index contributed by atoms with van der Waals surface area (Å²) in [5, 5.41) is 0. The number of hydrogen-bond donors (Lipinski definition) is 0. The molecule has 148 valence electrons. The Balaban J connectivity index is 1.48. The van der Waals surface area contributed by atoms with E-state index in [0.29, 0.717) is 30.5 Å². The van der Waals surface area contributed by atoms with Crippen molar-refractivity contribution in [1.29, 1.82) is 0 Å². The Morgan fingerprint density at radius 1 is 1.07 bits per heavy atom. The van der Waals surface area contributed by atoms with Gasteiger partial charge in [0.15, 0.2) is 0 Å². The molecular formula is C20H27N7O. The third kappa shape index (κ3) is 3.96. The molecule has 4 heterocycles. The van der Waals surface area contributed by atoms with Gasteiger partial charge >= 0.3 is 0 Å². The number of likely N-dealkylation sites (N-methyl/N-ethyl adjacent to an activating group) is 1. The molecule has 0 spiro atoms. The molecule has 1 fully saturated rings. The normalized spacial score (nSPS) is 17.3. The highest BCUT2D eigenvalue weighted by molar-refractivity contribution is 5.92. The van der Waals surface area contributed by atoms with E-state index in [0.717, 1.165) is 49.7 Å². The lowest BCUT2D eigenvalue weighted by Crippen LogP contribution is -2.47. The summed E-state index contributed by atoms with van der Waals surface area (Å²) in [5.41, 5.74) is 2.57. The standard InChI is InChI=1S/C20H27N7O/c1-14(2)8-18-22-9-15-12-27(13-17(15)23-18)19-11-21-10-16(24-19)20(28)26-6-4-25(3)5-7-26/h9-11,14H,4-8,12-13H2,1-3H3. The van der Waals surface area contributed by atoms with E-state index in [4.69, 9.17) is 4.98 Å². The molecule has 0 atom stereocenters. The van der Waals surface area contributed by atoms with Gasteiger partial charge in [-0.3, -0.25) is 9.78 Å². The first-order chi connectivity index (χ1) is 13.5. The molecule has 2 aromatic rings. The monoisotopic (exact) mass is 381 g/mol. The molecule has 4 rings (SSSR count). The maximum absolute atomic E-state index is 12.8. The fourth-order valence-electron chi connectivity index (χ4n) is 3.60. The van der Waals surface area contributed by atoms with Gasteiger partial charge in [0.25, 0.3) is 5.91 Å². The molecule has 2 aromatic heterocycles. The summed E-state index contributed by atoms with van der Waals surface area (Å²) in [5.74, 6) is 2.08. The molecule has 0 unspecified atom stereocenters. The van der Waals surface area contributed by atoms with Crippen molar-refractivity contribution in [2.24, 2.45) is 5.92 Å². The number of amides is 1. The van der Waals surface area contributed by atoms with Crippen LogP contribution in [0.1, 0.15) is 41.4 Å². The fraction of sp³-hybridized carbons (Fsp3) is 0.550. The lowest BCUT2D eigenvalue weighted by Gasteiger charge is -2.32. The summed E-state index contributed by atoms with van der Waals surface area (Å²) < 4.78 is 0. The highest BCUT2D eigenvalue weighted by Crippen LogP contribution is 2.25. The van der Waals surface area contributed by atoms with Crippen LogP contribution in [0.3, 0.4) is 0 Å². The summed E-state index contributed by atoms with van der Waals surface area (Å²) in [6, 6.07) is 0. The van der Waals surface area contributed by atoms with E-state index in [9.17, 15) is 4.79 Å². The Bertz CT molecular complexity index is 861. The molecule has 0 aliphatic carbocycles. The van der Waals surface area contributed by atoms with E-state index in [1.807, 2.05) is 11.1 Å². The highest BCUT2D eigenvalue weighted by atomic mass is 16.2. The molecular weight excluding hydrogens is 354 g/mol. The van der Waals surface area contributed by atoms with Crippen LogP contribution >= 0.6 is 0 Å². The zero-order chi connectivity index (χ0) is 19.7. The predicted octanol–water partition coefficient (Wildman–Crippen LogP) is 1.37. The van der Waals surface area contributed by atoms with Gasteiger partial charge in [-0.05, 0) is 13.0 Å². The van der Waals surface area contributed by atoms with Crippen LogP contribution in [0.25, 0.3) is 0 Å². The van der Waals surface area contributed by atoms with Crippen molar-refractivity contribution in [3.05, 3.63) is 41.4 Å². The summed E-state index contributed by atoms with van der Waals surface area (Å²) in [4.78, 5) is 37.1. The SMILES string of the molecule is CC(C)Cc1ncc2c(n1)CN(c1cncc(C(=O)N3CCN(C)CC3)n1)C2. The lowest BCUT2D eigenvalue weighted by atomic mass is 10.1. The lowest BCUT2D eigenvalue weighted by molar-refractivity contribution is 0.0658. The van der Waals surface area contributed by atoms with Crippen LogP contribution in [0.2, 0.25) is 0 Å². The molecule has 8 nitrogen and oxygen atoms in total. The van der Waals surface area contributed by atoms with Gasteiger partial charge in [-0.25, -0.2) is 15.0 Å². The van der Waals surface area contributed by atoms with Crippen molar-refractivity contribution in [3.63, 3.8) is 0 Å². The first kappa shape index (κ1) is 18.7. The Labute approximate surface area is 165 Å². The minimum atomic E-state index is -0.0434. The van der Waals surface area contributed by atoms with E-state index in [1.54, 1.807) is 12.4 Å². The first-order valence-electron chi connectivity index (χ1n) is 9.88. The van der Waals surface area contributed by atoms with Crippen LogP contribution in [0.5, 0.6) is 0 Å². The second-order valence-corrected chi connectivity index (χ2v) is 8.07. The number of rotatable bonds is 4. The minimum Gasteiger partial charge on any atom is -0.345 e. The Morgan fingerprint density at radius 3 is 2.61 bits per heavy atom. The van der Waals surface area contributed by atoms with Crippen LogP contribution in [-0.4, -0.2) is 68.9 Å². The number of fused-ring (bicyclic) bond motifs is 1. The number of carbonyl (C=O) groups is 1. The molecule has 0 aromatic carbocycles. The van der Waals surface area contributed by atoms with Crippen LogP contribution in [0, 0.1) is 5.92 Å². The quantitative estimate of drug-likeness (QED) is 0.791. The molecule has 2 aliphatic heterocycles. The third-order valence-electron chi connectivity index (χ3n) is 5.25. The van der Waals surface area contributed by atoms with Crippen molar-refractivity contribution < 1.29 is 4.79 Å². The summed E-state index contributed by atoms with van der Waals surface area (Å²) in [7, 11) is 2.07. The Kier molecular flexibility index (Phi) is 5.21. The number of piperazine rings is 1. The third-order valence-corrected chi connectivity index (χ3v) is 5.25. The van der Waals surface area contributed by atoms with Crippen LogP contribution in [-0.2, 0) is 19.5 Å². The van der Waals surface area contributed by atoms with Gasteiger partial charge in [0.05, 0.1) is 24.6 Å². The molecule has 0 N–H and O–H groups in total. The van der Waals surface area contributed by atoms with Crippen LogP contribution in [0.15, 0.2) is 18.6 Å². The van der Waals surface area contributed by atoms with Crippen LogP contribution < -0.4 is 4.90 Å². The van der Waals surface area contributed by atoms with Gasteiger partial charge in [0, 0.05) is 50.9 Å². The molecule has 28 heavy (non-hydrogen) atoms. The van der Waals surface area contributed by atoms with Crippen molar-refractivity contribution in [2.45, 2.75) is 33.4 Å². The van der Waals surface area contributed by atoms with Crippen molar-refractivity contribution >= 4 is 11.7 Å². The van der Waals surface area contributed by atoms with Crippen molar-refractivity contribution in [3.8, 4) is 0 Å². The molecule has 2 aliphatic rings. The van der Waals surface area contributed by atoms with Gasteiger partial charge in [-0.2, -0.15) is 0 Å². The van der Waals surface area contributed by atoms with Gasteiger partial charge < -0.3 is 14.7 Å². The maximum Gasteiger partial charge on any atom is 0.274 e. The summed E-state index contributed by atoms with van der Waals surface area (Å²) in [6.07, 6.45) is 6.08. The van der Waals surface area contributed by atoms with E-state index in [1.165, 1.54) is 0 Å². The van der Waals surface area contributed by atoms with Gasteiger partial charge in [-0.1, -0.05) is 13.8 Å². The van der Waals surface area contributed by atoms with Crippen LogP contribution in [0.4, 0.5) is 5.82 Å². The topological polar surface area (TPSA) is 78.4 Å². The molecule has 0 bridgehead atoms. The van der Waals surface area contributed by atoms with E-state index < -0.39 is 0 Å². The summed E-state index contributed by atoms with van der Waals surface area (Å²) in [6.45, 7) is 8.93. The minimum absolute atomic E-state index is 0.0434. The van der Waals surface area contributed by atoms with Gasteiger partial charge in [0.1, 0.15) is 17.3 Å². The first-order valence-corrected chi connectivity index (χ1v) is 9.88. The second kappa shape index (κ2) is 7.79. The zero-order valence-corrected chi connectivity index (χ0v) is 16.8. The smallest absolute Gasteiger partial charge is 0.274 e. The average Bonchev–Trinajstić information content (AvgIpc) is 3.11. The van der Waals surface area contributed by atoms with E-state index in [2.05, 4.69) is 45.6 Å². The number of carbonyl (C=O) groups excluding carboxylic acids is 1. The number of nitrogens with zero attached hydrogens (tertiary/aromatic N) is 7. The highest BCUT2D eigenvalue weighted by Gasteiger charge is 2.25. The Hall–Kier alpha value is -2.61. The molecule has 1 amide bonds. The molecule has 1 saturated heterocycles. The van der Waals surface area contributed by atoms with Crippen molar-refractivity contribution in [1.82, 2.24) is 29.7 Å². The molecule has 0 saturated carbocycles. The maximum atomic E-state index is 12.8. The number of aromatic nitrogens is 4. The van der Waals surface area contributed by atoms with Gasteiger partial charge in [-0.15, -0.1) is 0 Å². The van der Waals surface area contributed by atoms with E-state index in [-0.39, 0.29) is 5.91 Å². The Morgan fingerprint density at radius 2 is 1.86 bits per heavy atom. The van der Waals surface area contributed by atoms with E-state index >= 15 is 0 Å². The summed E-state index contributed by atoms with van der Waals surface area (Å²) >= 11 is 0. The zero-order valence-electron chi connectivity index (χ0n) is 16.8. The predicted molar refractivity (Wildman–Crippen MR) is 106 cm³/mol. The van der Waals surface area contributed by atoms with Crippen molar-refractivity contribution in [2.75, 3.05) is 38.1 Å². The van der Waals surface area contributed by atoms with Gasteiger partial charge in [0.2, 0.25) is 0 Å².